The lowest BCUT2D eigenvalue weighted by Crippen LogP contribution is -2.30. The van der Waals surface area contributed by atoms with Crippen molar-refractivity contribution in [3.63, 3.8) is 0 Å². The Morgan fingerprint density at radius 2 is 0.554 bits per heavy atom. The SMILES string of the molecule is CCCCC/C=C\C=C/CCCCCCCCCCCCC(=O)OCC(COC(=O)CCCCCCCCCCC)OC(=O)CCCCCCCCC/C=C\CCCCCCCCCC. The molecule has 0 rings (SSSR count). The van der Waals surface area contributed by atoms with Crippen LogP contribution in [0, 0.1) is 0 Å². The molecule has 0 aromatic rings. The van der Waals surface area contributed by atoms with Crippen molar-refractivity contribution in [1.82, 2.24) is 0 Å². The van der Waals surface area contributed by atoms with Gasteiger partial charge < -0.3 is 14.2 Å². The molecular weight excluding hydrogens is 805 g/mol. The van der Waals surface area contributed by atoms with Gasteiger partial charge in [0.05, 0.1) is 0 Å². The maximum Gasteiger partial charge on any atom is 0.306 e. The first-order valence-corrected chi connectivity index (χ1v) is 28.5. The zero-order valence-corrected chi connectivity index (χ0v) is 43.5. The van der Waals surface area contributed by atoms with E-state index in [1.54, 1.807) is 0 Å². The zero-order chi connectivity index (χ0) is 47.2. The first-order chi connectivity index (χ1) is 32.0. The molecule has 65 heavy (non-hydrogen) atoms. The third-order valence-corrected chi connectivity index (χ3v) is 12.6. The van der Waals surface area contributed by atoms with Crippen molar-refractivity contribution in [2.75, 3.05) is 13.2 Å². The first kappa shape index (κ1) is 62.6. The van der Waals surface area contributed by atoms with Gasteiger partial charge in [-0.05, 0) is 70.6 Å². The summed E-state index contributed by atoms with van der Waals surface area (Å²) in [4.78, 5) is 38.0. The average Bonchev–Trinajstić information content (AvgIpc) is 3.30. The Kier molecular flexibility index (Phi) is 52.3. The predicted molar refractivity (Wildman–Crippen MR) is 279 cm³/mol. The lowest BCUT2D eigenvalue weighted by Gasteiger charge is -2.18. The Hall–Kier alpha value is -2.37. The van der Waals surface area contributed by atoms with Crippen molar-refractivity contribution in [2.45, 2.75) is 309 Å². The molecule has 6 heteroatoms. The molecule has 0 spiro atoms. The van der Waals surface area contributed by atoms with Gasteiger partial charge in [-0.25, -0.2) is 0 Å². The van der Waals surface area contributed by atoms with E-state index in [-0.39, 0.29) is 31.1 Å². The van der Waals surface area contributed by atoms with Gasteiger partial charge in [0.2, 0.25) is 0 Å². The van der Waals surface area contributed by atoms with Gasteiger partial charge in [0, 0.05) is 19.3 Å². The van der Waals surface area contributed by atoms with Crippen LogP contribution in [0.5, 0.6) is 0 Å². The van der Waals surface area contributed by atoms with Gasteiger partial charge in [0.25, 0.3) is 0 Å². The summed E-state index contributed by atoms with van der Waals surface area (Å²) in [6.45, 7) is 6.62. The molecule has 0 aromatic carbocycles. The fraction of sp³-hybridized carbons (Fsp3) is 0.847. The summed E-state index contributed by atoms with van der Waals surface area (Å²) in [5.41, 5.74) is 0. The summed E-state index contributed by atoms with van der Waals surface area (Å²) < 4.78 is 16.8. The van der Waals surface area contributed by atoms with E-state index >= 15 is 0 Å². The van der Waals surface area contributed by atoms with Crippen molar-refractivity contribution >= 4 is 17.9 Å². The predicted octanol–water partition coefficient (Wildman–Crippen LogP) is 18.9. The smallest absolute Gasteiger partial charge is 0.306 e. The molecule has 0 aliphatic rings. The van der Waals surface area contributed by atoms with Crippen LogP contribution in [-0.2, 0) is 28.6 Å². The van der Waals surface area contributed by atoms with Crippen molar-refractivity contribution in [3.05, 3.63) is 36.5 Å². The van der Waals surface area contributed by atoms with Crippen LogP contribution in [0.15, 0.2) is 36.5 Å². The second-order valence-corrected chi connectivity index (χ2v) is 19.2. The molecule has 0 aliphatic heterocycles. The van der Waals surface area contributed by atoms with E-state index in [1.807, 2.05) is 0 Å². The second kappa shape index (κ2) is 54.2. The minimum Gasteiger partial charge on any atom is -0.462 e. The Bertz CT molecular complexity index is 1090. The maximum absolute atomic E-state index is 12.8. The molecule has 0 amide bonds. The Labute approximate surface area is 404 Å². The highest BCUT2D eigenvalue weighted by Crippen LogP contribution is 2.16. The van der Waals surface area contributed by atoms with Crippen LogP contribution in [0.25, 0.3) is 0 Å². The quantitative estimate of drug-likeness (QED) is 0.0199. The number of carbonyl (C=O) groups excluding carboxylic acids is 3. The minimum absolute atomic E-state index is 0.0719. The molecule has 0 saturated heterocycles. The largest absolute Gasteiger partial charge is 0.462 e. The molecule has 1 atom stereocenters. The van der Waals surface area contributed by atoms with E-state index < -0.39 is 6.10 Å². The van der Waals surface area contributed by atoms with Gasteiger partial charge in [-0.15, -0.1) is 0 Å². The maximum atomic E-state index is 12.8. The fourth-order valence-corrected chi connectivity index (χ4v) is 8.31. The lowest BCUT2D eigenvalue weighted by atomic mass is 10.1. The van der Waals surface area contributed by atoms with Crippen LogP contribution < -0.4 is 0 Å². The highest BCUT2D eigenvalue weighted by molar-refractivity contribution is 5.71. The van der Waals surface area contributed by atoms with Crippen molar-refractivity contribution in [3.8, 4) is 0 Å². The van der Waals surface area contributed by atoms with E-state index in [1.165, 1.54) is 205 Å². The molecule has 0 N–H and O–H groups in total. The third kappa shape index (κ3) is 52.5. The van der Waals surface area contributed by atoms with Gasteiger partial charge in [0.15, 0.2) is 6.10 Å². The summed E-state index contributed by atoms with van der Waals surface area (Å²) in [5, 5.41) is 0. The summed E-state index contributed by atoms with van der Waals surface area (Å²) in [7, 11) is 0. The molecule has 0 saturated carbocycles. The Morgan fingerprint density at radius 3 is 0.892 bits per heavy atom. The summed E-state index contributed by atoms with van der Waals surface area (Å²) in [6.07, 6.45) is 64.2. The molecule has 1 unspecified atom stereocenters. The number of hydrogen-bond donors (Lipinski definition) is 0. The Balaban J connectivity index is 4.26. The topological polar surface area (TPSA) is 78.9 Å². The van der Waals surface area contributed by atoms with Gasteiger partial charge in [-0.3, -0.25) is 14.4 Å². The van der Waals surface area contributed by atoms with Gasteiger partial charge in [0.1, 0.15) is 13.2 Å². The van der Waals surface area contributed by atoms with Crippen LogP contribution in [-0.4, -0.2) is 37.2 Å². The lowest BCUT2D eigenvalue weighted by molar-refractivity contribution is -0.167. The van der Waals surface area contributed by atoms with Gasteiger partial charge >= 0.3 is 17.9 Å². The number of unbranched alkanes of at least 4 members (excludes halogenated alkanes) is 36. The van der Waals surface area contributed by atoms with E-state index in [0.717, 1.165) is 57.8 Å². The van der Waals surface area contributed by atoms with E-state index in [2.05, 4.69) is 57.2 Å². The van der Waals surface area contributed by atoms with E-state index in [0.29, 0.717) is 19.3 Å². The van der Waals surface area contributed by atoms with E-state index in [9.17, 15) is 14.4 Å². The zero-order valence-electron chi connectivity index (χ0n) is 43.5. The first-order valence-electron chi connectivity index (χ1n) is 28.5. The van der Waals surface area contributed by atoms with Gasteiger partial charge in [-0.2, -0.15) is 0 Å². The number of ether oxygens (including phenoxy) is 3. The van der Waals surface area contributed by atoms with Crippen molar-refractivity contribution < 1.29 is 28.6 Å². The van der Waals surface area contributed by atoms with E-state index in [4.69, 9.17) is 14.2 Å². The van der Waals surface area contributed by atoms with Gasteiger partial charge in [-0.1, -0.05) is 250 Å². The second-order valence-electron chi connectivity index (χ2n) is 19.2. The number of esters is 3. The molecule has 0 aliphatic carbocycles. The van der Waals surface area contributed by atoms with Crippen LogP contribution in [0.1, 0.15) is 303 Å². The fourth-order valence-electron chi connectivity index (χ4n) is 8.31. The number of rotatable bonds is 52. The highest BCUT2D eigenvalue weighted by Gasteiger charge is 2.19. The van der Waals surface area contributed by atoms with Crippen LogP contribution in [0.2, 0.25) is 0 Å². The molecule has 0 bridgehead atoms. The molecule has 0 radical (unpaired) electrons. The Morgan fingerprint density at radius 1 is 0.308 bits per heavy atom. The van der Waals surface area contributed by atoms with Crippen LogP contribution in [0.4, 0.5) is 0 Å². The standard InChI is InChI=1S/C59H108O6/c1-4-7-10-13-16-19-21-23-25-27-29-31-33-35-37-40-43-46-49-52-58(61)64-55-56(54-63-57(60)51-48-45-42-39-18-15-12-9-6-3)65-59(62)53-50-47-44-41-38-36-34-32-30-28-26-24-22-20-17-14-11-8-5-2/h16,19,21,23,28,30,56H,4-15,17-18,20,22,24-27,29,31-55H2,1-3H3/b19-16-,23-21-,30-28-. The number of hydrogen-bond acceptors (Lipinski definition) is 6. The highest BCUT2D eigenvalue weighted by atomic mass is 16.6. The molecule has 6 nitrogen and oxygen atoms in total. The van der Waals surface area contributed by atoms with Crippen molar-refractivity contribution in [2.24, 2.45) is 0 Å². The molecule has 0 fully saturated rings. The average molecular weight is 914 g/mol. The normalized spacial score (nSPS) is 12.2. The number of carbonyl (C=O) groups is 3. The summed E-state index contributed by atoms with van der Waals surface area (Å²) >= 11 is 0. The molecule has 0 aromatic heterocycles. The monoisotopic (exact) mass is 913 g/mol. The van der Waals surface area contributed by atoms with Crippen molar-refractivity contribution in [1.29, 1.82) is 0 Å². The third-order valence-electron chi connectivity index (χ3n) is 12.6. The van der Waals surface area contributed by atoms with Crippen LogP contribution >= 0.6 is 0 Å². The molecule has 0 heterocycles. The summed E-state index contributed by atoms with van der Waals surface area (Å²) in [6, 6.07) is 0. The number of allylic oxidation sites excluding steroid dienone is 6. The summed E-state index contributed by atoms with van der Waals surface area (Å²) in [5.74, 6) is -0.868. The minimum atomic E-state index is -0.772. The van der Waals surface area contributed by atoms with Crippen LogP contribution in [0.3, 0.4) is 0 Å². The molecule has 380 valence electrons. The molecular formula is C59H108O6.